The number of benzene rings is 1. The fraction of sp³-hybridized carbons (Fsp3) is 0.433. The lowest BCUT2D eigenvalue weighted by Crippen LogP contribution is -2.40. The number of carbonyl (C=O) groups is 3. The fourth-order valence-corrected chi connectivity index (χ4v) is 6.54. The Kier molecular flexibility index (Phi) is 7.62. The van der Waals surface area contributed by atoms with E-state index in [1.54, 1.807) is 16.0 Å². The van der Waals surface area contributed by atoms with Crippen molar-refractivity contribution in [2.24, 2.45) is 5.92 Å². The number of aliphatic carboxylic acids is 1. The molecule has 1 aromatic carbocycles. The van der Waals surface area contributed by atoms with E-state index >= 15 is 0 Å². The minimum atomic E-state index is -0.977. The smallest absolute Gasteiger partial charge is 0.304 e. The van der Waals surface area contributed by atoms with Crippen LogP contribution in [0.2, 0.25) is 0 Å². The van der Waals surface area contributed by atoms with Gasteiger partial charge in [-0.1, -0.05) is 24.3 Å². The van der Waals surface area contributed by atoms with Crippen molar-refractivity contribution in [1.82, 2.24) is 9.97 Å². The zero-order chi connectivity index (χ0) is 27.6. The Morgan fingerprint density at radius 3 is 2.60 bits per heavy atom. The molecular formula is C30H32N4O5S. The van der Waals surface area contributed by atoms with Crippen LogP contribution in [0.15, 0.2) is 48.0 Å². The summed E-state index contributed by atoms with van der Waals surface area (Å²) in [4.78, 5) is 50.5. The van der Waals surface area contributed by atoms with Crippen molar-refractivity contribution in [1.29, 1.82) is 0 Å². The Morgan fingerprint density at radius 1 is 1.12 bits per heavy atom. The first-order valence-corrected chi connectivity index (χ1v) is 14.8. The van der Waals surface area contributed by atoms with Crippen molar-refractivity contribution < 1.29 is 24.2 Å². The molecule has 0 radical (unpaired) electrons. The number of aromatic nitrogens is 2. The molecule has 4 heterocycles. The van der Waals surface area contributed by atoms with Crippen LogP contribution >= 0.6 is 11.3 Å². The third-order valence-corrected chi connectivity index (χ3v) is 8.64. The molecule has 0 spiro atoms. The van der Waals surface area contributed by atoms with Gasteiger partial charge >= 0.3 is 5.97 Å². The van der Waals surface area contributed by atoms with Crippen LogP contribution < -0.4 is 9.80 Å². The first-order valence-electron chi connectivity index (χ1n) is 14.0. The molecule has 2 amide bonds. The maximum atomic E-state index is 13.8. The molecule has 9 nitrogen and oxygen atoms in total. The lowest BCUT2D eigenvalue weighted by Gasteiger charge is -2.26. The van der Waals surface area contributed by atoms with Crippen LogP contribution in [0.4, 0.5) is 10.9 Å². The highest BCUT2D eigenvalue weighted by Gasteiger charge is 2.40. The van der Waals surface area contributed by atoms with Crippen molar-refractivity contribution in [2.45, 2.75) is 63.5 Å². The maximum Gasteiger partial charge on any atom is 0.304 e. The lowest BCUT2D eigenvalue weighted by atomic mass is 9.95. The van der Waals surface area contributed by atoms with Crippen molar-refractivity contribution in [3.05, 3.63) is 48.0 Å². The molecule has 208 valence electrons. The van der Waals surface area contributed by atoms with Gasteiger partial charge in [-0.15, -0.1) is 11.3 Å². The van der Waals surface area contributed by atoms with Gasteiger partial charge in [0.2, 0.25) is 11.8 Å². The number of rotatable bonds is 10. The zero-order valence-electron chi connectivity index (χ0n) is 22.2. The van der Waals surface area contributed by atoms with E-state index in [9.17, 15) is 19.5 Å². The highest BCUT2D eigenvalue weighted by molar-refractivity contribution is 7.14. The highest BCUT2D eigenvalue weighted by atomic mass is 32.1. The summed E-state index contributed by atoms with van der Waals surface area (Å²) >= 11 is 1.41. The second kappa shape index (κ2) is 11.5. The Hall–Kier alpha value is -3.63. The number of pyridine rings is 1. The minimum Gasteiger partial charge on any atom is -0.481 e. The largest absolute Gasteiger partial charge is 0.481 e. The van der Waals surface area contributed by atoms with Crippen LogP contribution in [0.1, 0.15) is 51.4 Å². The fourth-order valence-electron chi connectivity index (χ4n) is 5.64. The van der Waals surface area contributed by atoms with Gasteiger partial charge in [0, 0.05) is 48.3 Å². The van der Waals surface area contributed by atoms with Gasteiger partial charge in [-0.25, -0.2) is 9.97 Å². The van der Waals surface area contributed by atoms with E-state index in [0.717, 1.165) is 54.5 Å². The molecule has 2 atom stereocenters. The number of hydrogen-bond donors (Lipinski definition) is 1. The summed E-state index contributed by atoms with van der Waals surface area (Å²) < 4.78 is 5.73. The molecule has 0 bridgehead atoms. The lowest BCUT2D eigenvalue weighted by molar-refractivity contribution is -0.141. The Labute approximate surface area is 236 Å². The third kappa shape index (κ3) is 5.64. The molecule has 6 rings (SSSR count). The zero-order valence-corrected chi connectivity index (χ0v) is 23.0. The standard InChI is InChI=1S/C30H32N4O5S/c35-27-8-3-13-33(27)26-12-9-19(17-31-26)23-6-1-2-7-24(23)25-18-40-30(32-25)34(21-10-11-21)29(38)20(16-28(36)37)15-22-5-4-14-39-22/h1-2,6-7,9,12,17-18,20-22H,3-5,8,10-11,13-16H2,(H,36,37)/t20?,22-/m0/s1. The summed E-state index contributed by atoms with van der Waals surface area (Å²) in [6.45, 7) is 1.36. The van der Waals surface area contributed by atoms with E-state index in [-0.39, 0.29) is 30.4 Å². The second-order valence-corrected chi connectivity index (χ2v) is 11.6. The van der Waals surface area contributed by atoms with Crippen LogP contribution in [0, 0.1) is 5.92 Å². The topological polar surface area (TPSA) is 113 Å². The monoisotopic (exact) mass is 560 g/mol. The molecule has 1 unspecified atom stereocenters. The van der Waals surface area contributed by atoms with E-state index in [1.165, 1.54) is 11.3 Å². The Balaban J connectivity index is 1.26. The van der Waals surface area contributed by atoms with Crippen molar-refractivity contribution in [2.75, 3.05) is 23.0 Å². The summed E-state index contributed by atoms with van der Waals surface area (Å²) in [6, 6.07) is 11.8. The molecule has 2 saturated heterocycles. The van der Waals surface area contributed by atoms with Crippen LogP contribution in [0.3, 0.4) is 0 Å². The molecule has 40 heavy (non-hydrogen) atoms. The predicted octanol–water partition coefficient (Wildman–Crippen LogP) is 5.15. The van der Waals surface area contributed by atoms with Gasteiger partial charge < -0.3 is 9.84 Å². The maximum absolute atomic E-state index is 13.8. The summed E-state index contributed by atoms with van der Waals surface area (Å²) in [5, 5.41) is 12.1. The van der Waals surface area contributed by atoms with Crippen molar-refractivity contribution in [3.8, 4) is 22.4 Å². The number of hydrogen-bond acceptors (Lipinski definition) is 7. The number of nitrogens with zero attached hydrogens (tertiary/aromatic N) is 4. The van der Waals surface area contributed by atoms with E-state index < -0.39 is 11.9 Å². The average Bonchev–Trinajstić information content (AvgIpc) is 3.30. The number of ether oxygens (including phenoxy) is 1. The van der Waals surface area contributed by atoms with Crippen LogP contribution in [-0.4, -0.2) is 58.2 Å². The number of carbonyl (C=O) groups excluding carboxylic acids is 2. The molecule has 2 aliphatic heterocycles. The first-order chi connectivity index (χ1) is 19.5. The van der Waals surface area contributed by atoms with Gasteiger partial charge in [0.25, 0.3) is 0 Å². The van der Waals surface area contributed by atoms with E-state index in [1.807, 2.05) is 41.8 Å². The molecule has 3 aliphatic rings. The number of amides is 2. The number of carboxylic acids is 1. The molecule has 1 N–H and O–H groups in total. The Morgan fingerprint density at radius 2 is 1.95 bits per heavy atom. The van der Waals surface area contributed by atoms with Gasteiger partial charge in [0.15, 0.2) is 5.13 Å². The van der Waals surface area contributed by atoms with Gasteiger partial charge in [-0.05, 0) is 56.2 Å². The van der Waals surface area contributed by atoms with Gasteiger partial charge in [0.1, 0.15) is 5.82 Å². The normalized spacial score (nSPS) is 19.6. The van der Waals surface area contributed by atoms with Gasteiger partial charge in [-0.2, -0.15) is 0 Å². The quantitative estimate of drug-likeness (QED) is 0.365. The third-order valence-electron chi connectivity index (χ3n) is 7.80. The Bertz CT molecular complexity index is 1400. The molecule has 3 fully saturated rings. The predicted molar refractivity (Wildman–Crippen MR) is 152 cm³/mol. The SMILES string of the molecule is O=C(O)CC(C[C@@H]1CCCO1)C(=O)N(c1nc(-c2ccccc2-c2ccc(N3CCCC3=O)nc2)cs1)C1CC1. The van der Waals surface area contributed by atoms with Crippen LogP contribution in [0.25, 0.3) is 22.4 Å². The van der Waals surface area contributed by atoms with Gasteiger partial charge in [-0.3, -0.25) is 24.2 Å². The number of thiazole rings is 1. The summed E-state index contributed by atoms with van der Waals surface area (Å²) in [7, 11) is 0. The van der Waals surface area contributed by atoms with Crippen LogP contribution in [-0.2, 0) is 19.1 Å². The number of anilines is 2. The molecule has 1 aliphatic carbocycles. The van der Waals surface area contributed by atoms with E-state index in [2.05, 4.69) is 4.98 Å². The van der Waals surface area contributed by atoms with E-state index in [4.69, 9.17) is 9.72 Å². The summed E-state index contributed by atoms with van der Waals surface area (Å²) in [6.07, 6.45) is 6.89. The van der Waals surface area contributed by atoms with Crippen LogP contribution in [0.5, 0.6) is 0 Å². The average molecular weight is 561 g/mol. The second-order valence-electron chi connectivity index (χ2n) is 10.7. The molecule has 2 aromatic heterocycles. The van der Waals surface area contributed by atoms with Crippen molar-refractivity contribution >= 4 is 40.1 Å². The number of carboxylic acid groups (broad SMARTS) is 1. The molecule has 3 aromatic rings. The minimum absolute atomic E-state index is 0.0487. The molecule has 10 heteroatoms. The van der Waals surface area contributed by atoms with Crippen molar-refractivity contribution in [3.63, 3.8) is 0 Å². The summed E-state index contributed by atoms with van der Waals surface area (Å²) in [5.74, 6) is -1.03. The van der Waals surface area contributed by atoms with E-state index in [0.29, 0.717) is 36.9 Å². The highest BCUT2D eigenvalue weighted by Crippen LogP contribution is 2.40. The molecular weight excluding hydrogens is 528 g/mol. The first kappa shape index (κ1) is 26.6. The summed E-state index contributed by atoms with van der Waals surface area (Å²) in [5.41, 5.74) is 3.54. The molecule has 1 saturated carbocycles. The van der Waals surface area contributed by atoms with Gasteiger partial charge in [0.05, 0.1) is 24.1 Å².